The number of aryl methyl sites for hydroxylation is 1. The van der Waals surface area contributed by atoms with E-state index in [9.17, 15) is 19.5 Å². The van der Waals surface area contributed by atoms with Gasteiger partial charge in [-0.3, -0.25) is 19.0 Å². The number of aromatic nitrogens is 5. The van der Waals surface area contributed by atoms with E-state index in [4.69, 9.17) is 26.2 Å². The van der Waals surface area contributed by atoms with Crippen LogP contribution in [0.25, 0.3) is 49.9 Å². The van der Waals surface area contributed by atoms with Gasteiger partial charge in [0.2, 0.25) is 17.7 Å². The number of thiazole rings is 1. The van der Waals surface area contributed by atoms with Gasteiger partial charge >= 0.3 is 0 Å². The first-order chi connectivity index (χ1) is 34.6. The third kappa shape index (κ3) is 10.6. The molecule has 3 aromatic carbocycles. The van der Waals surface area contributed by atoms with Gasteiger partial charge < -0.3 is 36.8 Å². The van der Waals surface area contributed by atoms with E-state index in [1.54, 1.807) is 17.5 Å². The average molecular weight is 989 g/mol. The molecule has 15 nitrogen and oxygen atoms in total. The van der Waals surface area contributed by atoms with E-state index < -0.39 is 23.6 Å². The molecule has 4 aromatic heterocycles. The maximum atomic E-state index is 14.4. The lowest BCUT2D eigenvalue weighted by atomic mass is 9.73. The van der Waals surface area contributed by atoms with E-state index in [0.717, 1.165) is 57.8 Å². The molecule has 1 saturated heterocycles. The van der Waals surface area contributed by atoms with Gasteiger partial charge in [0.1, 0.15) is 29.2 Å². The number of nitrogens with zero attached hydrogens (tertiary/aromatic N) is 6. The van der Waals surface area contributed by atoms with Crippen molar-refractivity contribution in [1.82, 2.24) is 40.0 Å². The van der Waals surface area contributed by atoms with Gasteiger partial charge in [-0.05, 0) is 123 Å². The lowest BCUT2D eigenvalue weighted by Gasteiger charge is -2.41. The van der Waals surface area contributed by atoms with Crippen LogP contribution in [0.5, 0.6) is 5.75 Å². The molecule has 0 bridgehead atoms. The number of nitrogens with two attached hydrogens (primary N) is 2. The van der Waals surface area contributed by atoms with E-state index >= 15 is 0 Å². The lowest BCUT2D eigenvalue weighted by Crippen LogP contribution is -2.61. The second-order valence-corrected chi connectivity index (χ2v) is 21.2. The number of carbonyl (C=O) groups is 3. The number of unbranched alkanes of at least 4 members (excludes halogenated alkanes) is 1. The molecule has 374 valence electrons. The van der Waals surface area contributed by atoms with Crippen molar-refractivity contribution in [2.45, 2.75) is 116 Å². The van der Waals surface area contributed by atoms with Crippen molar-refractivity contribution in [3.05, 3.63) is 126 Å². The first kappa shape index (κ1) is 50.0. The second-order valence-electron chi connectivity index (χ2n) is 20.3. The van der Waals surface area contributed by atoms with Crippen molar-refractivity contribution in [3.8, 4) is 44.5 Å². The summed E-state index contributed by atoms with van der Waals surface area (Å²) in [5, 5.41) is 16.8. The smallest absolute Gasteiger partial charge is 0.246 e. The molecule has 0 unspecified atom stereocenters. The summed E-state index contributed by atoms with van der Waals surface area (Å²) in [5.74, 6) is 0.660. The van der Waals surface area contributed by atoms with Crippen LogP contribution in [0.15, 0.2) is 109 Å². The Morgan fingerprint density at radius 3 is 2.36 bits per heavy atom. The maximum Gasteiger partial charge on any atom is 0.246 e. The first-order valence-electron chi connectivity index (χ1n) is 24.9. The monoisotopic (exact) mass is 988 g/mol. The number of amides is 3. The number of para-hydroxylation sites is 1. The number of hydrogen-bond acceptors (Lipinski definition) is 12. The minimum atomic E-state index is -0.902. The first-order valence-corrected chi connectivity index (χ1v) is 25.8. The number of rotatable bonds is 16. The van der Waals surface area contributed by atoms with Crippen molar-refractivity contribution >= 4 is 46.0 Å². The van der Waals surface area contributed by atoms with Crippen LogP contribution in [-0.2, 0) is 19.9 Å². The Labute approximate surface area is 424 Å². The summed E-state index contributed by atoms with van der Waals surface area (Å²) in [4.78, 5) is 63.5. The third-order valence-corrected chi connectivity index (χ3v) is 15.1. The predicted molar refractivity (Wildman–Crippen MR) is 282 cm³/mol. The Bertz CT molecular complexity index is 3070. The number of ether oxygens (including phenoxy) is 1. The number of likely N-dealkylation sites (tertiary alicyclic amines) is 1. The predicted octanol–water partition coefficient (Wildman–Crippen LogP) is 8.81. The van der Waals surface area contributed by atoms with E-state index in [1.165, 1.54) is 4.90 Å². The Kier molecular flexibility index (Phi) is 14.6. The minimum Gasteiger partial charge on any atom is -0.493 e. The van der Waals surface area contributed by atoms with Crippen LogP contribution in [0.3, 0.4) is 0 Å². The van der Waals surface area contributed by atoms with Gasteiger partial charge in [0.15, 0.2) is 11.5 Å². The van der Waals surface area contributed by atoms with Crippen LogP contribution < -0.4 is 26.8 Å². The standard InChI is InChI=1S/C56H64N10O5S/c1-34(36-16-18-37(19-17-36)48-35(2)60-33-72-48)61-53(69)45-32-40(67)26-30-65(45)54(70)49(55(3,4)5)64-47(68)15-8-9-31-71-46-14-7-6-12-41(46)43-24-25-44-52(62-43)66(51(63-44)42-13-10-29-59-50(42)57)39-22-20-38(21-23-39)56(58)27-11-28-56/h6-7,10,12-14,16-25,29,33-34,40,45,49,67H,8-9,11,15,26-28,30-32,58H2,1-5H3,(H2,57,59)(H,61,69)(H,64,68)/t34-,40-,45-,49+/m0/s1. The average Bonchev–Trinajstić information content (AvgIpc) is 3.97. The van der Waals surface area contributed by atoms with E-state index in [-0.39, 0.29) is 48.7 Å². The molecular weight excluding hydrogens is 925 g/mol. The molecule has 9 rings (SSSR count). The summed E-state index contributed by atoms with van der Waals surface area (Å²) in [6.45, 7) is 10.1. The topological polar surface area (TPSA) is 216 Å². The maximum absolute atomic E-state index is 14.4. The zero-order valence-corrected chi connectivity index (χ0v) is 42.4. The molecule has 0 spiro atoms. The van der Waals surface area contributed by atoms with Crippen LogP contribution in [0, 0.1) is 12.3 Å². The van der Waals surface area contributed by atoms with Crippen molar-refractivity contribution in [1.29, 1.82) is 0 Å². The number of benzene rings is 3. The lowest BCUT2D eigenvalue weighted by molar-refractivity contribution is -0.149. The van der Waals surface area contributed by atoms with Gasteiger partial charge in [-0.15, -0.1) is 11.3 Å². The molecule has 0 radical (unpaired) electrons. The summed E-state index contributed by atoms with van der Waals surface area (Å²) in [6.07, 6.45) is 5.66. The van der Waals surface area contributed by atoms with Gasteiger partial charge in [-0.1, -0.05) is 69.3 Å². The molecule has 1 aliphatic carbocycles. The second kappa shape index (κ2) is 21.0. The molecule has 72 heavy (non-hydrogen) atoms. The number of imidazole rings is 1. The fraction of sp³-hybridized carbons (Fsp3) is 0.375. The molecule has 5 heterocycles. The van der Waals surface area contributed by atoms with Gasteiger partial charge in [0.05, 0.1) is 46.1 Å². The van der Waals surface area contributed by atoms with E-state index in [2.05, 4.69) is 44.9 Å². The number of piperidine rings is 1. The van der Waals surface area contributed by atoms with Crippen molar-refractivity contribution in [3.63, 3.8) is 0 Å². The van der Waals surface area contributed by atoms with E-state index in [0.29, 0.717) is 65.7 Å². The molecule has 7 N–H and O–H groups in total. The molecule has 7 aromatic rings. The number of hydrogen-bond donors (Lipinski definition) is 5. The minimum absolute atomic E-state index is 0.102. The van der Waals surface area contributed by atoms with Crippen LogP contribution in [0.4, 0.5) is 5.82 Å². The molecule has 2 aliphatic rings. The van der Waals surface area contributed by atoms with Crippen molar-refractivity contribution in [2.24, 2.45) is 11.1 Å². The fourth-order valence-electron chi connectivity index (χ4n) is 9.70. The quantitative estimate of drug-likeness (QED) is 0.0577. The molecule has 2 fully saturated rings. The zero-order valence-electron chi connectivity index (χ0n) is 41.6. The van der Waals surface area contributed by atoms with Gasteiger partial charge in [0, 0.05) is 42.4 Å². The number of fused-ring (bicyclic) bond motifs is 1. The molecule has 1 aliphatic heterocycles. The van der Waals surface area contributed by atoms with Crippen LogP contribution in [-0.4, -0.2) is 83.6 Å². The highest BCUT2D eigenvalue weighted by atomic mass is 32.1. The summed E-state index contributed by atoms with van der Waals surface area (Å²) >= 11 is 1.58. The molecular formula is C56H64N10O5S. The van der Waals surface area contributed by atoms with E-state index in [1.807, 2.05) is 117 Å². The number of carbonyl (C=O) groups excluding carboxylic acids is 3. The van der Waals surface area contributed by atoms with Crippen molar-refractivity contribution < 1.29 is 24.2 Å². The third-order valence-electron chi connectivity index (χ3n) is 14.1. The summed E-state index contributed by atoms with van der Waals surface area (Å²) in [6, 6.07) is 29.5. The molecule has 3 amide bonds. The Morgan fingerprint density at radius 1 is 0.917 bits per heavy atom. The fourth-order valence-corrected chi connectivity index (χ4v) is 10.5. The number of nitrogens with one attached hydrogen (secondary N) is 2. The highest BCUT2D eigenvalue weighted by molar-refractivity contribution is 7.13. The normalized spacial score (nSPS) is 17.5. The highest BCUT2D eigenvalue weighted by Gasteiger charge is 2.43. The van der Waals surface area contributed by atoms with Crippen molar-refractivity contribution in [2.75, 3.05) is 18.9 Å². The Balaban J connectivity index is 0.836. The summed E-state index contributed by atoms with van der Waals surface area (Å²) in [7, 11) is 0. The largest absolute Gasteiger partial charge is 0.493 e. The van der Waals surface area contributed by atoms with Gasteiger partial charge in [-0.2, -0.15) is 0 Å². The van der Waals surface area contributed by atoms with Gasteiger partial charge in [-0.25, -0.2) is 19.9 Å². The Hall–Kier alpha value is -7.01. The van der Waals surface area contributed by atoms with Crippen LogP contribution in [0.2, 0.25) is 0 Å². The van der Waals surface area contributed by atoms with Gasteiger partial charge in [0.25, 0.3) is 0 Å². The van der Waals surface area contributed by atoms with Crippen LogP contribution >= 0.6 is 11.3 Å². The number of pyridine rings is 2. The highest BCUT2D eigenvalue weighted by Crippen LogP contribution is 2.40. The molecule has 1 saturated carbocycles. The zero-order chi connectivity index (χ0) is 50.7. The Morgan fingerprint density at radius 2 is 1.67 bits per heavy atom. The molecule has 4 atom stereocenters. The number of aliphatic hydroxyl groups excluding tert-OH is 1. The number of nitrogen functional groups attached to an aromatic ring is 1. The van der Waals surface area contributed by atoms with Crippen LogP contribution in [0.1, 0.15) is 102 Å². The summed E-state index contributed by atoms with van der Waals surface area (Å²) in [5.41, 5.74) is 22.4. The number of aliphatic hydroxyl groups is 1. The number of anilines is 1. The SMILES string of the molecule is Cc1ncsc1-c1ccc([C@H](C)NC(=O)[C@@H]2C[C@@H](O)CCN2C(=O)[C@@H](NC(=O)CCCCOc2ccccc2-c2ccc3nc(-c4cccnc4N)n(-c4ccc(C5(N)CCC5)cc4)c3n2)C(C)(C)C)cc1. The molecule has 16 heteroatoms. The summed E-state index contributed by atoms with van der Waals surface area (Å²) < 4.78 is 8.38.